The number of carbonyl (C=O) groups is 4. The molecule has 0 radical (unpaired) electrons. The maximum absolute atomic E-state index is 14.0. The Bertz CT molecular complexity index is 1480. The third-order valence-corrected chi connectivity index (χ3v) is 7.75. The van der Waals surface area contributed by atoms with Crippen molar-refractivity contribution >= 4 is 40.6 Å². The Morgan fingerprint density at radius 1 is 0.953 bits per heavy atom. The van der Waals surface area contributed by atoms with Crippen LogP contribution in [0.1, 0.15) is 29.8 Å². The fourth-order valence-electron chi connectivity index (χ4n) is 5.50. The number of benzene rings is 3. The molecule has 0 bridgehead atoms. The summed E-state index contributed by atoms with van der Waals surface area (Å²) in [5, 5.41) is 2.99. The predicted octanol–water partition coefficient (Wildman–Crippen LogP) is 3.75. The molecule has 2 heterocycles. The van der Waals surface area contributed by atoms with Crippen LogP contribution < -0.4 is 19.9 Å². The lowest BCUT2D eigenvalue weighted by Crippen LogP contribution is -2.53. The van der Waals surface area contributed by atoms with Crippen LogP contribution in [0.3, 0.4) is 0 Å². The van der Waals surface area contributed by atoms with E-state index in [1.165, 1.54) is 9.80 Å². The average molecular weight is 585 g/mol. The monoisotopic (exact) mass is 584 g/mol. The molecular weight excluding hydrogens is 548 g/mol. The van der Waals surface area contributed by atoms with Crippen LogP contribution in [0.25, 0.3) is 0 Å². The summed E-state index contributed by atoms with van der Waals surface area (Å²) in [5.74, 6) is -1.81. The van der Waals surface area contributed by atoms with Crippen molar-refractivity contribution in [3.63, 3.8) is 0 Å². The van der Waals surface area contributed by atoms with E-state index >= 15 is 0 Å². The number of nitrogens with one attached hydrogen (secondary N) is 1. The molecule has 5 rings (SSSR count). The Balaban J connectivity index is 1.40. The van der Waals surface area contributed by atoms with Gasteiger partial charge in [0.05, 0.1) is 31.6 Å². The minimum absolute atomic E-state index is 0.118. The molecule has 1 N–H and O–H groups in total. The Hall–Kier alpha value is -4.70. The van der Waals surface area contributed by atoms with Gasteiger partial charge < -0.3 is 24.6 Å². The van der Waals surface area contributed by atoms with Gasteiger partial charge in [-0.3, -0.25) is 24.1 Å². The quantitative estimate of drug-likeness (QED) is 0.362. The first-order valence-corrected chi connectivity index (χ1v) is 14.4. The van der Waals surface area contributed by atoms with Crippen LogP contribution in [-0.4, -0.2) is 74.4 Å². The molecule has 3 amide bonds. The van der Waals surface area contributed by atoms with E-state index in [2.05, 4.69) is 10.2 Å². The van der Waals surface area contributed by atoms with Crippen LogP contribution in [0, 0.1) is 5.92 Å². The summed E-state index contributed by atoms with van der Waals surface area (Å²) in [6.45, 7) is 6.46. The molecule has 0 aromatic heterocycles. The first-order valence-electron chi connectivity index (χ1n) is 14.4. The topological polar surface area (TPSA) is 108 Å². The van der Waals surface area contributed by atoms with Crippen LogP contribution in [0.5, 0.6) is 5.75 Å². The molecule has 224 valence electrons. The molecule has 1 fully saturated rings. The zero-order chi connectivity index (χ0) is 30.5. The molecule has 10 nitrogen and oxygen atoms in total. The van der Waals surface area contributed by atoms with Gasteiger partial charge in [-0.1, -0.05) is 38.1 Å². The van der Waals surface area contributed by atoms with E-state index < -0.39 is 23.6 Å². The number of ketones is 1. The number of hydrogen-bond donors (Lipinski definition) is 1. The van der Waals surface area contributed by atoms with Crippen LogP contribution >= 0.6 is 0 Å². The van der Waals surface area contributed by atoms with Gasteiger partial charge in [0.15, 0.2) is 0 Å². The third-order valence-electron chi connectivity index (χ3n) is 7.75. The van der Waals surface area contributed by atoms with Gasteiger partial charge in [-0.25, -0.2) is 0 Å². The number of Topliss-reactive ketones (excluding diaryl/α,β-unsaturated/α-hetero) is 1. The highest BCUT2D eigenvalue weighted by atomic mass is 16.5. The summed E-state index contributed by atoms with van der Waals surface area (Å²) < 4.78 is 10.7. The maximum Gasteiger partial charge on any atom is 0.299 e. The van der Waals surface area contributed by atoms with Crippen LogP contribution in [-0.2, 0) is 25.7 Å². The number of amides is 3. The van der Waals surface area contributed by atoms with E-state index in [0.29, 0.717) is 30.3 Å². The van der Waals surface area contributed by atoms with Crippen LogP contribution in [0.15, 0.2) is 72.8 Å². The van der Waals surface area contributed by atoms with Gasteiger partial charge in [-0.05, 0) is 60.0 Å². The number of ether oxygens (including phenoxy) is 2. The van der Waals surface area contributed by atoms with E-state index in [9.17, 15) is 19.2 Å². The van der Waals surface area contributed by atoms with Gasteiger partial charge in [-0.15, -0.1) is 0 Å². The number of anilines is 3. The molecule has 0 saturated carbocycles. The SMILES string of the molecule is COc1ccc(CN(C(=O)CN2C(=O)C(=O)c3ccccc32)C(C(=O)Nc2ccc(N3CCOCC3)cc2)C(C)C)cc1. The second kappa shape index (κ2) is 13.1. The number of fused-ring (bicyclic) bond motifs is 1. The summed E-state index contributed by atoms with van der Waals surface area (Å²) in [6.07, 6.45) is 0. The van der Waals surface area contributed by atoms with Gasteiger partial charge in [0.1, 0.15) is 18.3 Å². The van der Waals surface area contributed by atoms with Crippen molar-refractivity contribution in [2.24, 2.45) is 5.92 Å². The lowest BCUT2D eigenvalue weighted by atomic mass is 10.00. The van der Waals surface area contributed by atoms with Gasteiger partial charge in [-0.2, -0.15) is 0 Å². The molecule has 1 atom stereocenters. The predicted molar refractivity (Wildman–Crippen MR) is 163 cm³/mol. The Morgan fingerprint density at radius 2 is 1.63 bits per heavy atom. The number of carbonyl (C=O) groups excluding carboxylic acids is 4. The molecular formula is C33H36N4O6. The van der Waals surface area contributed by atoms with Gasteiger partial charge in [0, 0.05) is 31.0 Å². The highest BCUT2D eigenvalue weighted by molar-refractivity contribution is 6.52. The third kappa shape index (κ3) is 6.54. The van der Waals surface area contributed by atoms with Crippen molar-refractivity contribution in [1.29, 1.82) is 0 Å². The second-order valence-corrected chi connectivity index (χ2v) is 10.9. The van der Waals surface area contributed by atoms with Crippen molar-refractivity contribution in [3.8, 4) is 5.75 Å². The molecule has 3 aromatic carbocycles. The molecule has 3 aromatic rings. The van der Waals surface area contributed by atoms with Gasteiger partial charge in [0.25, 0.3) is 11.7 Å². The standard InChI is InChI=1S/C33H36N4O6/c1-22(2)30(32(40)34-24-10-12-25(13-11-24)35-16-18-43-19-17-35)37(20-23-8-14-26(42-3)15-9-23)29(38)21-36-28-7-5-4-6-27(28)31(39)33(36)41/h4-15,22,30H,16-21H2,1-3H3,(H,34,40). The molecule has 2 aliphatic heterocycles. The highest BCUT2D eigenvalue weighted by Crippen LogP contribution is 2.29. The zero-order valence-electron chi connectivity index (χ0n) is 24.6. The van der Waals surface area contributed by atoms with Crippen LogP contribution in [0.2, 0.25) is 0 Å². The molecule has 2 aliphatic rings. The number of nitrogens with zero attached hydrogens (tertiary/aromatic N) is 3. The molecule has 0 aliphatic carbocycles. The summed E-state index contributed by atoms with van der Waals surface area (Å²) in [7, 11) is 1.57. The summed E-state index contributed by atoms with van der Waals surface area (Å²) in [6, 6.07) is 20.6. The van der Waals surface area contributed by atoms with Crippen molar-refractivity contribution < 1.29 is 28.7 Å². The van der Waals surface area contributed by atoms with Crippen molar-refractivity contribution in [2.45, 2.75) is 26.4 Å². The number of rotatable bonds is 10. The molecule has 1 saturated heterocycles. The zero-order valence-corrected chi connectivity index (χ0v) is 24.6. The number of methoxy groups -OCH3 is 1. The lowest BCUT2D eigenvalue weighted by molar-refractivity contribution is -0.140. The van der Waals surface area contributed by atoms with Crippen LogP contribution in [0.4, 0.5) is 17.1 Å². The minimum Gasteiger partial charge on any atom is -0.497 e. The number of para-hydroxylation sites is 1. The molecule has 10 heteroatoms. The largest absolute Gasteiger partial charge is 0.497 e. The summed E-state index contributed by atoms with van der Waals surface area (Å²) >= 11 is 0. The van der Waals surface area contributed by atoms with Gasteiger partial charge >= 0.3 is 0 Å². The number of hydrogen-bond acceptors (Lipinski definition) is 7. The Morgan fingerprint density at radius 3 is 2.28 bits per heavy atom. The Labute approximate surface area is 251 Å². The number of morpholine rings is 1. The lowest BCUT2D eigenvalue weighted by Gasteiger charge is -2.35. The molecule has 43 heavy (non-hydrogen) atoms. The first kappa shape index (κ1) is 29.8. The van der Waals surface area contributed by atoms with Crippen molar-refractivity contribution in [1.82, 2.24) is 4.90 Å². The van der Waals surface area contributed by atoms with Gasteiger partial charge in [0.2, 0.25) is 11.8 Å². The fraction of sp³-hybridized carbons (Fsp3) is 0.333. The average Bonchev–Trinajstić information content (AvgIpc) is 3.26. The van der Waals surface area contributed by atoms with E-state index in [4.69, 9.17) is 9.47 Å². The second-order valence-electron chi connectivity index (χ2n) is 10.9. The fourth-order valence-corrected chi connectivity index (χ4v) is 5.50. The van der Waals surface area contributed by atoms with Crippen molar-refractivity contribution in [2.75, 3.05) is 55.1 Å². The first-order chi connectivity index (χ1) is 20.8. The highest BCUT2D eigenvalue weighted by Gasteiger charge is 2.39. The minimum atomic E-state index is -0.864. The van der Waals surface area contributed by atoms with Crippen molar-refractivity contribution in [3.05, 3.63) is 83.9 Å². The Kier molecular flexibility index (Phi) is 9.06. The normalized spacial score (nSPS) is 15.3. The summed E-state index contributed by atoms with van der Waals surface area (Å²) in [5.41, 5.74) is 3.09. The van der Waals surface area contributed by atoms with E-state index in [1.807, 2.05) is 50.2 Å². The summed E-state index contributed by atoms with van der Waals surface area (Å²) in [4.78, 5) is 58.2. The van der Waals surface area contributed by atoms with E-state index in [1.54, 1.807) is 43.5 Å². The smallest absolute Gasteiger partial charge is 0.299 e. The maximum atomic E-state index is 14.0. The molecule has 0 spiro atoms. The van der Waals surface area contributed by atoms with E-state index in [-0.39, 0.29) is 30.5 Å². The van der Waals surface area contributed by atoms with E-state index in [0.717, 1.165) is 24.3 Å². The molecule has 1 unspecified atom stereocenters.